The van der Waals surface area contributed by atoms with Crippen molar-refractivity contribution in [1.29, 1.82) is 0 Å². The summed E-state index contributed by atoms with van der Waals surface area (Å²) >= 11 is 1.80. The number of nitrogens with two attached hydrogens (primary N) is 1. The van der Waals surface area contributed by atoms with Gasteiger partial charge < -0.3 is 0 Å². The predicted molar refractivity (Wildman–Crippen MR) is 89.2 cm³/mol. The Hall–Kier alpha value is -1.68. The van der Waals surface area contributed by atoms with Gasteiger partial charge in [-0.3, -0.25) is 11.3 Å². The van der Waals surface area contributed by atoms with Crippen LogP contribution >= 0.6 is 11.3 Å². The Bertz CT molecular complexity index is 759. The molecule has 106 valence electrons. The van der Waals surface area contributed by atoms with Gasteiger partial charge in [0, 0.05) is 10.1 Å². The molecule has 1 unspecified atom stereocenters. The first-order valence-corrected chi connectivity index (χ1v) is 8.21. The van der Waals surface area contributed by atoms with E-state index in [-0.39, 0.29) is 11.5 Å². The third kappa shape index (κ3) is 2.01. The van der Waals surface area contributed by atoms with E-state index >= 15 is 0 Å². The summed E-state index contributed by atoms with van der Waals surface area (Å²) in [4.78, 5) is 0. The molecule has 1 aliphatic rings. The highest BCUT2D eigenvalue weighted by Crippen LogP contribution is 2.57. The lowest BCUT2D eigenvalue weighted by atomic mass is 9.84. The molecule has 0 bridgehead atoms. The van der Waals surface area contributed by atoms with Crippen molar-refractivity contribution in [3.8, 4) is 0 Å². The zero-order valence-corrected chi connectivity index (χ0v) is 12.6. The van der Waals surface area contributed by atoms with Crippen LogP contribution in [0.5, 0.6) is 0 Å². The summed E-state index contributed by atoms with van der Waals surface area (Å²) in [5, 5.41) is 3.46. The Morgan fingerprint density at radius 3 is 2.52 bits per heavy atom. The number of hydrazine groups is 1. The smallest absolute Gasteiger partial charge is 0.0570 e. The van der Waals surface area contributed by atoms with E-state index in [1.807, 2.05) is 0 Å². The van der Waals surface area contributed by atoms with Crippen molar-refractivity contribution < 1.29 is 0 Å². The molecule has 3 N–H and O–H groups in total. The van der Waals surface area contributed by atoms with Gasteiger partial charge in [0.05, 0.1) is 6.04 Å². The van der Waals surface area contributed by atoms with Crippen LogP contribution in [-0.2, 0) is 5.41 Å². The molecule has 1 aromatic heterocycles. The monoisotopic (exact) mass is 294 g/mol. The fourth-order valence-electron chi connectivity index (χ4n) is 3.44. The van der Waals surface area contributed by atoms with Crippen LogP contribution in [0.3, 0.4) is 0 Å². The predicted octanol–water partition coefficient (Wildman–Crippen LogP) is 4.14. The molecular weight excluding hydrogens is 276 g/mol. The molecule has 1 atom stereocenters. The van der Waals surface area contributed by atoms with E-state index in [1.54, 1.807) is 11.3 Å². The lowest BCUT2D eigenvalue weighted by Crippen LogP contribution is -2.36. The first-order chi connectivity index (χ1) is 10.3. The van der Waals surface area contributed by atoms with Gasteiger partial charge in [-0.15, -0.1) is 11.3 Å². The van der Waals surface area contributed by atoms with E-state index in [2.05, 4.69) is 65.4 Å². The Morgan fingerprint density at radius 1 is 1.00 bits per heavy atom. The lowest BCUT2D eigenvalue weighted by Gasteiger charge is -2.28. The molecular formula is C18H18N2S. The summed E-state index contributed by atoms with van der Waals surface area (Å²) in [6.07, 6.45) is 2.38. The number of fused-ring (bicyclic) bond motifs is 1. The minimum Gasteiger partial charge on any atom is -0.271 e. The van der Waals surface area contributed by atoms with Crippen molar-refractivity contribution in [1.82, 2.24) is 5.43 Å². The molecule has 1 heterocycles. The maximum absolute atomic E-state index is 5.98. The normalized spacial score (nSPS) is 17.8. The molecule has 0 spiro atoms. The largest absolute Gasteiger partial charge is 0.271 e. The standard InChI is InChI=1S/C18H18N2S/c19-20-17(15-8-4-5-13-9-12-21-16(13)15)18(10-11-18)14-6-2-1-3-7-14/h1-9,12,17,20H,10-11,19H2. The number of rotatable bonds is 4. The summed E-state index contributed by atoms with van der Waals surface area (Å²) in [7, 11) is 0. The van der Waals surface area contributed by atoms with Crippen molar-refractivity contribution >= 4 is 21.4 Å². The molecule has 1 saturated carbocycles. The minimum absolute atomic E-state index is 0.147. The number of hydrogen-bond donors (Lipinski definition) is 2. The number of hydrogen-bond acceptors (Lipinski definition) is 3. The second kappa shape index (κ2) is 4.95. The van der Waals surface area contributed by atoms with Crippen LogP contribution in [0, 0.1) is 0 Å². The Labute approximate surface area is 128 Å². The first-order valence-electron chi connectivity index (χ1n) is 7.33. The van der Waals surface area contributed by atoms with Crippen LogP contribution in [0.4, 0.5) is 0 Å². The minimum atomic E-state index is 0.147. The van der Waals surface area contributed by atoms with E-state index in [0.717, 1.165) is 0 Å². The molecule has 3 aromatic rings. The maximum atomic E-state index is 5.98. The highest BCUT2D eigenvalue weighted by Gasteiger charge is 2.51. The zero-order chi connectivity index (χ0) is 14.3. The third-order valence-electron chi connectivity index (χ3n) is 4.68. The second-order valence-corrected chi connectivity index (χ2v) is 6.72. The van der Waals surface area contributed by atoms with Gasteiger partial charge in [0.25, 0.3) is 0 Å². The highest BCUT2D eigenvalue weighted by molar-refractivity contribution is 7.17. The topological polar surface area (TPSA) is 38.0 Å². The summed E-state index contributed by atoms with van der Waals surface area (Å²) in [6.45, 7) is 0. The van der Waals surface area contributed by atoms with Gasteiger partial charge in [0.1, 0.15) is 0 Å². The second-order valence-electron chi connectivity index (χ2n) is 5.81. The van der Waals surface area contributed by atoms with Crippen molar-refractivity contribution in [2.24, 2.45) is 5.84 Å². The van der Waals surface area contributed by atoms with E-state index < -0.39 is 0 Å². The maximum Gasteiger partial charge on any atom is 0.0570 e. The molecule has 1 fully saturated rings. The summed E-state index contributed by atoms with van der Waals surface area (Å²) in [5.74, 6) is 5.98. The van der Waals surface area contributed by atoms with Gasteiger partial charge in [-0.1, -0.05) is 48.5 Å². The molecule has 3 heteroatoms. The van der Waals surface area contributed by atoms with Crippen LogP contribution in [0.25, 0.3) is 10.1 Å². The van der Waals surface area contributed by atoms with Crippen LogP contribution in [0.2, 0.25) is 0 Å². The molecule has 0 amide bonds. The lowest BCUT2D eigenvalue weighted by molar-refractivity contribution is 0.442. The Morgan fingerprint density at radius 2 is 1.81 bits per heavy atom. The summed E-state index contributed by atoms with van der Waals surface area (Å²) in [5.41, 5.74) is 5.97. The van der Waals surface area contributed by atoms with E-state index in [0.29, 0.717) is 0 Å². The van der Waals surface area contributed by atoms with Gasteiger partial charge in [-0.2, -0.15) is 0 Å². The Kier molecular flexibility index (Phi) is 3.07. The van der Waals surface area contributed by atoms with Crippen molar-refractivity contribution in [2.75, 3.05) is 0 Å². The van der Waals surface area contributed by atoms with Crippen LogP contribution in [0.15, 0.2) is 60.0 Å². The SMILES string of the molecule is NNC(c1cccc2ccsc12)C1(c2ccccc2)CC1. The average molecular weight is 294 g/mol. The first kappa shape index (κ1) is 13.0. The van der Waals surface area contributed by atoms with Crippen LogP contribution in [0.1, 0.15) is 30.0 Å². The quantitative estimate of drug-likeness (QED) is 0.560. The molecule has 2 nitrogen and oxygen atoms in total. The molecule has 0 aliphatic heterocycles. The Balaban J connectivity index is 1.84. The van der Waals surface area contributed by atoms with Crippen molar-refractivity contribution in [2.45, 2.75) is 24.3 Å². The zero-order valence-electron chi connectivity index (χ0n) is 11.8. The molecule has 0 radical (unpaired) electrons. The fourth-order valence-corrected chi connectivity index (χ4v) is 4.38. The fraction of sp³-hybridized carbons (Fsp3) is 0.222. The number of thiophene rings is 1. The number of benzene rings is 2. The van der Waals surface area contributed by atoms with E-state index in [9.17, 15) is 0 Å². The van der Waals surface area contributed by atoms with Gasteiger partial charge in [-0.25, -0.2) is 0 Å². The van der Waals surface area contributed by atoms with Gasteiger partial charge in [0.2, 0.25) is 0 Å². The molecule has 1 aliphatic carbocycles. The molecule has 21 heavy (non-hydrogen) atoms. The van der Waals surface area contributed by atoms with Crippen molar-refractivity contribution in [3.05, 3.63) is 71.1 Å². The third-order valence-corrected chi connectivity index (χ3v) is 5.66. The van der Waals surface area contributed by atoms with E-state index in [1.165, 1.54) is 34.1 Å². The van der Waals surface area contributed by atoms with Crippen molar-refractivity contribution in [3.63, 3.8) is 0 Å². The van der Waals surface area contributed by atoms with E-state index in [4.69, 9.17) is 5.84 Å². The summed E-state index contributed by atoms with van der Waals surface area (Å²) in [6, 6.07) is 19.6. The van der Waals surface area contributed by atoms with Crippen LogP contribution < -0.4 is 11.3 Å². The van der Waals surface area contributed by atoms with Gasteiger partial charge in [0.15, 0.2) is 0 Å². The number of nitrogens with one attached hydrogen (secondary N) is 1. The average Bonchev–Trinajstić information content (AvgIpc) is 3.19. The molecule has 2 aromatic carbocycles. The molecule has 4 rings (SSSR count). The van der Waals surface area contributed by atoms with Gasteiger partial charge in [-0.05, 0) is 40.8 Å². The van der Waals surface area contributed by atoms with Crippen LogP contribution in [-0.4, -0.2) is 0 Å². The van der Waals surface area contributed by atoms with Gasteiger partial charge >= 0.3 is 0 Å². The highest BCUT2D eigenvalue weighted by atomic mass is 32.1. The summed E-state index contributed by atoms with van der Waals surface area (Å²) < 4.78 is 1.35. The molecule has 0 saturated heterocycles.